The molecule has 1 heterocycles. The summed E-state index contributed by atoms with van der Waals surface area (Å²) in [5.41, 5.74) is 2.88. The number of piperidine rings is 1. The molecular weight excluding hydrogens is 308 g/mol. The largest absolute Gasteiger partial charge is 0.342 e. The first-order valence-electron chi connectivity index (χ1n) is 8.78. The number of benzene rings is 1. The Morgan fingerprint density at radius 1 is 1.26 bits per heavy atom. The van der Waals surface area contributed by atoms with Gasteiger partial charge in [-0.05, 0) is 68.7 Å². The molecular formula is C19H29ClN2O. The van der Waals surface area contributed by atoms with Crippen molar-refractivity contribution in [2.24, 2.45) is 5.92 Å². The molecule has 4 heteroatoms. The second kappa shape index (κ2) is 8.70. The Morgan fingerprint density at radius 3 is 2.91 bits per heavy atom. The van der Waals surface area contributed by atoms with E-state index in [0.29, 0.717) is 24.2 Å². The molecule has 23 heavy (non-hydrogen) atoms. The van der Waals surface area contributed by atoms with Gasteiger partial charge in [0.2, 0.25) is 5.91 Å². The number of likely N-dealkylation sites (tertiary alicyclic amines) is 1. The Kier molecular flexibility index (Phi) is 6.91. The van der Waals surface area contributed by atoms with Crippen LogP contribution in [0.2, 0.25) is 0 Å². The number of halogens is 1. The third-order valence-corrected chi connectivity index (χ3v) is 5.28. The number of aryl methyl sites for hydroxylation is 1. The van der Waals surface area contributed by atoms with Crippen LogP contribution in [0.4, 0.5) is 0 Å². The van der Waals surface area contributed by atoms with Gasteiger partial charge in [-0.2, -0.15) is 0 Å². The number of carbonyl (C=O) groups is 1. The Balaban J connectivity index is 0.00000192. The number of hydrogen-bond donors (Lipinski definition) is 1. The van der Waals surface area contributed by atoms with Gasteiger partial charge in [-0.3, -0.25) is 4.79 Å². The lowest BCUT2D eigenvalue weighted by Crippen LogP contribution is -2.43. The molecule has 0 radical (unpaired) electrons. The van der Waals surface area contributed by atoms with Crippen LogP contribution < -0.4 is 5.32 Å². The van der Waals surface area contributed by atoms with E-state index in [1.807, 2.05) is 7.05 Å². The smallest absolute Gasteiger partial charge is 0.223 e. The van der Waals surface area contributed by atoms with E-state index in [0.717, 1.165) is 32.5 Å². The molecule has 1 N–H and O–H groups in total. The normalized spacial score (nSPS) is 23.8. The van der Waals surface area contributed by atoms with Crippen molar-refractivity contribution < 1.29 is 4.79 Å². The second-order valence-electron chi connectivity index (χ2n) is 6.90. The van der Waals surface area contributed by atoms with Gasteiger partial charge in [0.1, 0.15) is 0 Å². The predicted octanol–water partition coefficient (Wildman–Crippen LogP) is 3.38. The molecule has 1 aliphatic carbocycles. The minimum atomic E-state index is 0. The van der Waals surface area contributed by atoms with Crippen LogP contribution in [-0.2, 0) is 11.2 Å². The zero-order valence-corrected chi connectivity index (χ0v) is 14.9. The molecule has 1 aromatic rings. The summed E-state index contributed by atoms with van der Waals surface area (Å²) >= 11 is 0. The van der Waals surface area contributed by atoms with Crippen molar-refractivity contribution in [3.8, 4) is 0 Å². The van der Waals surface area contributed by atoms with Crippen molar-refractivity contribution in [2.75, 3.05) is 26.7 Å². The first-order chi connectivity index (χ1) is 10.8. The topological polar surface area (TPSA) is 32.3 Å². The maximum Gasteiger partial charge on any atom is 0.223 e. The van der Waals surface area contributed by atoms with Crippen LogP contribution >= 0.6 is 12.4 Å². The Labute approximate surface area is 146 Å². The zero-order chi connectivity index (χ0) is 15.4. The monoisotopic (exact) mass is 336 g/mol. The molecule has 1 saturated heterocycles. The molecule has 0 spiro atoms. The molecule has 0 saturated carbocycles. The van der Waals surface area contributed by atoms with Crippen LogP contribution in [-0.4, -0.2) is 37.5 Å². The second-order valence-corrected chi connectivity index (χ2v) is 6.90. The van der Waals surface area contributed by atoms with Crippen LogP contribution in [0.1, 0.15) is 49.1 Å². The molecule has 0 aromatic heterocycles. The number of carbonyl (C=O) groups excluding carboxylic acids is 1. The zero-order valence-electron chi connectivity index (χ0n) is 14.1. The van der Waals surface area contributed by atoms with Crippen molar-refractivity contribution in [3.63, 3.8) is 0 Å². The lowest BCUT2D eigenvalue weighted by molar-refractivity contribution is -0.133. The quantitative estimate of drug-likeness (QED) is 0.914. The summed E-state index contributed by atoms with van der Waals surface area (Å²) in [7, 11) is 2.00. The minimum absolute atomic E-state index is 0. The fourth-order valence-corrected chi connectivity index (χ4v) is 4.15. The standard InChI is InChI=1S/C19H28N2O.ClH/c1-20-13-15-6-5-11-21(14-15)19(22)12-17-9-4-8-16-7-2-3-10-18(16)17;/h2-3,7,10,15,17,20H,4-6,8-9,11-14H2,1H3;1H. The highest BCUT2D eigenvalue weighted by Crippen LogP contribution is 2.34. The van der Waals surface area contributed by atoms with Gasteiger partial charge in [-0.15, -0.1) is 12.4 Å². The van der Waals surface area contributed by atoms with Gasteiger partial charge in [-0.25, -0.2) is 0 Å². The first-order valence-corrected chi connectivity index (χ1v) is 8.78. The van der Waals surface area contributed by atoms with E-state index in [1.54, 1.807) is 0 Å². The average molecular weight is 337 g/mol. The highest BCUT2D eigenvalue weighted by Gasteiger charge is 2.27. The van der Waals surface area contributed by atoms with Crippen LogP contribution in [0.15, 0.2) is 24.3 Å². The van der Waals surface area contributed by atoms with Gasteiger partial charge < -0.3 is 10.2 Å². The Morgan fingerprint density at radius 2 is 2.09 bits per heavy atom. The van der Waals surface area contributed by atoms with Crippen LogP contribution in [0.5, 0.6) is 0 Å². The van der Waals surface area contributed by atoms with E-state index in [4.69, 9.17) is 0 Å². The SMILES string of the molecule is CNCC1CCCN(C(=O)CC2CCCc3ccccc32)C1.Cl. The molecule has 1 aromatic carbocycles. The number of rotatable bonds is 4. The van der Waals surface area contributed by atoms with E-state index < -0.39 is 0 Å². The van der Waals surface area contributed by atoms with Crippen molar-refractivity contribution in [1.82, 2.24) is 10.2 Å². The molecule has 128 valence electrons. The highest BCUT2D eigenvalue weighted by molar-refractivity contribution is 5.85. The Hall–Kier alpha value is -1.06. The first kappa shape index (κ1) is 18.3. The molecule has 2 atom stereocenters. The van der Waals surface area contributed by atoms with Gasteiger partial charge in [0.15, 0.2) is 0 Å². The molecule has 3 rings (SSSR count). The summed E-state index contributed by atoms with van der Waals surface area (Å²) in [4.78, 5) is 14.8. The highest BCUT2D eigenvalue weighted by atomic mass is 35.5. The molecule has 1 amide bonds. The lowest BCUT2D eigenvalue weighted by Gasteiger charge is -2.34. The molecule has 1 fully saturated rings. The van der Waals surface area contributed by atoms with Gasteiger partial charge in [0, 0.05) is 19.5 Å². The molecule has 0 bridgehead atoms. The summed E-state index contributed by atoms with van der Waals surface area (Å²) in [6.45, 7) is 2.91. The number of fused-ring (bicyclic) bond motifs is 1. The average Bonchev–Trinajstić information content (AvgIpc) is 2.56. The third-order valence-electron chi connectivity index (χ3n) is 5.28. The third kappa shape index (κ3) is 4.48. The molecule has 3 nitrogen and oxygen atoms in total. The summed E-state index contributed by atoms with van der Waals surface area (Å²) in [5.74, 6) is 1.42. The van der Waals surface area contributed by atoms with Crippen LogP contribution in [0, 0.1) is 5.92 Å². The van der Waals surface area contributed by atoms with Crippen molar-refractivity contribution in [3.05, 3.63) is 35.4 Å². The molecule has 2 aliphatic rings. The molecule has 1 aliphatic heterocycles. The van der Waals surface area contributed by atoms with Gasteiger partial charge in [0.25, 0.3) is 0 Å². The summed E-state index contributed by atoms with van der Waals surface area (Å²) in [6.07, 6.45) is 6.65. The lowest BCUT2D eigenvalue weighted by atomic mass is 9.81. The number of hydrogen-bond acceptors (Lipinski definition) is 2. The predicted molar refractivity (Wildman–Crippen MR) is 97.2 cm³/mol. The minimum Gasteiger partial charge on any atom is -0.342 e. The van der Waals surface area contributed by atoms with Gasteiger partial charge in [0.05, 0.1) is 0 Å². The summed E-state index contributed by atoms with van der Waals surface area (Å²) in [6, 6.07) is 8.70. The van der Waals surface area contributed by atoms with Crippen LogP contribution in [0.25, 0.3) is 0 Å². The number of nitrogens with one attached hydrogen (secondary N) is 1. The maximum absolute atomic E-state index is 12.7. The number of amides is 1. The summed E-state index contributed by atoms with van der Waals surface area (Å²) in [5, 5.41) is 3.25. The fourth-order valence-electron chi connectivity index (χ4n) is 4.15. The van der Waals surface area contributed by atoms with Gasteiger partial charge >= 0.3 is 0 Å². The van der Waals surface area contributed by atoms with Gasteiger partial charge in [-0.1, -0.05) is 24.3 Å². The van der Waals surface area contributed by atoms with E-state index >= 15 is 0 Å². The van der Waals surface area contributed by atoms with Crippen LogP contribution in [0.3, 0.4) is 0 Å². The maximum atomic E-state index is 12.7. The number of nitrogens with zero attached hydrogens (tertiary/aromatic N) is 1. The van der Waals surface area contributed by atoms with Crippen molar-refractivity contribution in [2.45, 2.75) is 44.4 Å². The van der Waals surface area contributed by atoms with Crippen molar-refractivity contribution in [1.29, 1.82) is 0 Å². The van der Waals surface area contributed by atoms with E-state index in [2.05, 4.69) is 34.5 Å². The van der Waals surface area contributed by atoms with E-state index in [-0.39, 0.29) is 12.4 Å². The van der Waals surface area contributed by atoms with E-state index in [1.165, 1.54) is 30.4 Å². The Bertz CT molecular complexity index is 518. The van der Waals surface area contributed by atoms with Crippen molar-refractivity contribution >= 4 is 18.3 Å². The van der Waals surface area contributed by atoms with E-state index in [9.17, 15) is 4.79 Å². The molecule has 2 unspecified atom stereocenters. The summed E-state index contributed by atoms with van der Waals surface area (Å²) < 4.78 is 0. The fraction of sp³-hybridized carbons (Fsp3) is 0.632.